The Hall–Kier alpha value is -2.89. The summed E-state index contributed by atoms with van der Waals surface area (Å²) in [6.45, 7) is 0. The molecule has 0 aliphatic carbocycles. The van der Waals surface area contributed by atoms with Crippen molar-refractivity contribution < 1.29 is 5.11 Å². The third kappa shape index (κ3) is 2.07. The monoisotopic (exact) mass is 267 g/mol. The van der Waals surface area contributed by atoms with E-state index in [2.05, 4.69) is 15.2 Å². The first kappa shape index (κ1) is 12.2. The third-order valence-corrected chi connectivity index (χ3v) is 2.98. The van der Waals surface area contributed by atoms with E-state index in [0.717, 1.165) is 5.69 Å². The average molecular weight is 267 g/mol. The quantitative estimate of drug-likeness (QED) is 0.739. The standard InChI is InChI=1S/C14H13N5O/c1-19-7-12(16-8-19)10-6-11(17-18-14(10)15)9-4-2-3-5-13(9)20/h2-8,20H,1H3,(H2,15,18). The summed E-state index contributed by atoms with van der Waals surface area (Å²) in [6, 6.07) is 8.74. The van der Waals surface area contributed by atoms with Crippen LogP contribution in [-0.4, -0.2) is 24.9 Å². The van der Waals surface area contributed by atoms with Crippen molar-refractivity contribution in [3.63, 3.8) is 0 Å². The van der Waals surface area contributed by atoms with Gasteiger partial charge in [0, 0.05) is 24.4 Å². The predicted molar refractivity (Wildman–Crippen MR) is 75.7 cm³/mol. The van der Waals surface area contributed by atoms with Crippen molar-refractivity contribution in [2.45, 2.75) is 0 Å². The lowest BCUT2D eigenvalue weighted by Gasteiger charge is -2.06. The molecule has 0 aliphatic heterocycles. The number of nitrogen functional groups attached to an aromatic ring is 1. The molecule has 0 amide bonds. The first-order chi connectivity index (χ1) is 9.65. The van der Waals surface area contributed by atoms with Crippen LogP contribution >= 0.6 is 0 Å². The average Bonchev–Trinajstić information content (AvgIpc) is 2.87. The number of aryl methyl sites for hydroxylation is 1. The molecule has 6 nitrogen and oxygen atoms in total. The SMILES string of the molecule is Cn1cnc(-c2cc(-c3ccccc3O)nnc2N)c1. The van der Waals surface area contributed by atoms with E-state index >= 15 is 0 Å². The highest BCUT2D eigenvalue weighted by atomic mass is 16.3. The van der Waals surface area contributed by atoms with E-state index in [1.165, 1.54) is 0 Å². The fraction of sp³-hybridized carbons (Fsp3) is 0.0714. The van der Waals surface area contributed by atoms with Crippen LogP contribution in [0.15, 0.2) is 42.9 Å². The largest absolute Gasteiger partial charge is 0.507 e. The second kappa shape index (κ2) is 4.65. The van der Waals surface area contributed by atoms with Gasteiger partial charge in [0.15, 0.2) is 5.82 Å². The van der Waals surface area contributed by atoms with Crippen LogP contribution in [0.2, 0.25) is 0 Å². The summed E-state index contributed by atoms with van der Waals surface area (Å²) < 4.78 is 1.83. The maximum atomic E-state index is 9.88. The van der Waals surface area contributed by atoms with E-state index in [9.17, 15) is 5.11 Å². The van der Waals surface area contributed by atoms with Gasteiger partial charge in [0.25, 0.3) is 0 Å². The van der Waals surface area contributed by atoms with Gasteiger partial charge in [-0.15, -0.1) is 10.2 Å². The van der Waals surface area contributed by atoms with E-state index < -0.39 is 0 Å². The van der Waals surface area contributed by atoms with Crippen molar-refractivity contribution in [2.24, 2.45) is 7.05 Å². The number of aromatic nitrogens is 4. The smallest absolute Gasteiger partial charge is 0.155 e. The summed E-state index contributed by atoms with van der Waals surface area (Å²) in [6.07, 6.45) is 3.54. The molecule has 1 aromatic carbocycles. The highest BCUT2D eigenvalue weighted by Gasteiger charge is 2.12. The number of hydrogen-bond acceptors (Lipinski definition) is 5. The molecular weight excluding hydrogens is 254 g/mol. The van der Waals surface area contributed by atoms with Gasteiger partial charge < -0.3 is 15.4 Å². The normalized spacial score (nSPS) is 10.7. The molecule has 3 aromatic rings. The number of para-hydroxylation sites is 1. The molecule has 0 fully saturated rings. The molecule has 0 aliphatic rings. The lowest BCUT2D eigenvalue weighted by atomic mass is 10.1. The van der Waals surface area contributed by atoms with Crippen molar-refractivity contribution >= 4 is 5.82 Å². The number of benzene rings is 1. The van der Waals surface area contributed by atoms with Gasteiger partial charge in [-0.3, -0.25) is 0 Å². The van der Waals surface area contributed by atoms with Crippen molar-refractivity contribution in [1.82, 2.24) is 19.7 Å². The minimum Gasteiger partial charge on any atom is -0.507 e. The summed E-state index contributed by atoms with van der Waals surface area (Å²) in [5, 5.41) is 17.9. The molecule has 2 aromatic heterocycles. The maximum Gasteiger partial charge on any atom is 0.155 e. The van der Waals surface area contributed by atoms with Crippen LogP contribution in [0.4, 0.5) is 5.82 Å². The van der Waals surface area contributed by atoms with E-state index in [1.807, 2.05) is 23.9 Å². The van der Waals surface area contributed by atoms with Crippen LogP contribution in [0.3, 0.4) is 0 Å². The summed E-state index contributed by atoms with van der Waals surface area (Å²) in [5.41, 5.74) is 8.44. The molecular formula is C14H13N5O. The van der Waals surface area contributed by atoms with Gasteiger partial charge in [0.1, 0.15) is 5.75 Å². The molecule has 2 heterocycles. The summed E-state index contributed by atoms with van der Waals surface area (Å²) in [7, 11) is 1.88. The van der Waals surface area contributed by atoms with Gasteiger partial charge in [-0.25, -0.2) is 4.98 Å². The number of imidazole rings is 1. The highest BCUT2D eigenvalue weighted by Crippen LogP contribution is 2.31. The number of aromatic hydroxyl groups is 1. The first-order valence-electron chi connectivity index (χ1n) is 6.05. The number of nitrogens with zero attached hydrogens (tertiary/aromatic N) is 4. The van der Waals surface area contributed by atoms with Crippen LogP contribution in [0.1, 0.15) is 0 Å². The Kier molecular flexibility index (Phi) is 2.83. The number of anilines is 1. The Morgan fingerprint density at radius 2 is 1.90 bits per heavy atom. The van der Waals surface area contributed by atoms with Crippen LogP contribution in [0, 0.1) is 0 Å². The molecule has 100 valence electrons. The zero-order valence-corrected chi connectivity index (χ0v) is 10.9. The molecule has 0 bridgehead atoms. The van der Waals surface area contributed by atoms with Crippen LogP contribution in [0.25, 0.3) is 22.5 Å². The van der Waals surface area contributed by atoms with Gasteiger partial charge >= 0.3 is 0 Å². The Balaban J connectivity index is 2.14. The van der Waals surface area contributed by atoms with E-state index in [0.29, 0.717) is 22.6 Å². The Morgan fingerprint density at radius 3 is 2.60 bits per heavy atom. The zero-order valence-electron chi connectivity index (χ0n) is 10.9. The zero-order chi connectivity index (χ0) is 14.1. The van der Waals surface area contributed by atoms with Gasteiger partial charge in [-0.2, -0.15) is 0 Å². The molecule has 0 unspecified atom stereocenters. The minimum atomic E-state index is 0.151. The van der Waals surface area contributed by atoms with Crippen LogP contribution < -0.4 is 5.73 Å². The second-order valence-corrected chi connectivity index (χ2v) is 4.47. The van der Waals surface area contributed by atoms with Crippen molar-refractivity contribution in [3.05, 3.63) is 42.9 Å². The molecule has 0 radical (unpaired) electrons. The van der Waals surface area contributed by atoms with Crippen LogP contribution in [-0.2, 0) is 7.05 Å². The molecule has 3 N–H and O–H groups in total. The molecule has 0 saturated carbocycles. The topological polar surface area (TPSA) is 89.8 Å². The van der Waals surface area contributed by atoms with Crippen molar-refractivity contribution in [2.75, 3.05) is 5.73 Å². The lowest BCUT2D eigenvalue weighted by Crippen LogP contribution is -1.98. The number of hydrogen-bond donors (Lipinski definition) is 2. The Bertz CT molecular complexity index is 766. The molecule has 3 rings (SSSR count). The van der Waals surface area contributed by atoms with Gasteiger partial charge in [-0.1, -0.05) is 12.1 Å². The van der Waals surface area contributed by atoms with E-state index in [1.54, 1.807) is 30.6 Å². The molecule has 0 spiro atoms. The fourth-order valence-corrected chi connectivity index (χ4v) is 1.98. The van der Waals surface area contributed by atoms with E-state index in [4.69, 9.17) is 5.73 Å². The molecule has 0 atom stereocenters. The van der Waals surface area contributed by atoms with E-state index in [-0.39, 0.29) is 5.75 Å². The first-order valence-corrected chi connectivity index (χ1v) is 6.05. The molecule has 6 heteroatoms. The number of phenolic OH excluding ortho intramolecular Hbond substituents is 1. The second-order valence-electron chi connectivity index (χ2n) is 4.47. The van der Waals surface area contributed by atoms with Crippen molar-refractivity contribution in [1.29, 1.82) is 0 Å². The Morgan fingerprint density at radius 1 is 1.10 bits per heavy atom. The van der Waals surface area contributed by atoms with Gasteiger partial charge in [0.2, 0.25) is 0 Å². The fourth-order valence-electron chi connectivity index (χ4n) is 1.98. The van der Waals surface area contributed by atoms with Gasteiger partial charge in [-0.05, 0) is 18.2 Å². The van der Waals surface area contributed by atoms with Crippen molar-refractivity contribution in [3.8, 4) is 28.3 Å². The Labute approximate surface area is 115 Å². The third-order valence-electron chi connectivity index (χ3n) is 2.98. The minimum absolute atomic E-state index is 0.151. The van der Waals surface area contributed by atoms with Crippen LogP contribution in [0.5, 0.6) is 5.75 Å². The highest BCUT2D eigenvalue weighted by molar-refractivity contribution is 5.76. The van der Waals surface area contributed by atoms with Gasteiger partial charge in [0.05, 0.1) is 17.7 Å². The predicted octanol–water partition coefficient (Wildman–Crippen LogP) is 1.83. The summed E-state index contributed by atoms with van der Waals surface area (Å²) >= 11 is 0. The summed E-state index contributed by atoms with van der Waals surface area (Å²) in [4.78, 5) is 4.26. The summed E-state index contributed by atoms with van der Waals surface area (Å²) in [5.74, 6) is 0.460. The molecule has 0 saturated heterocycles. The number of nitrogens with two attached hydrogens (primary N) is 1. The lowest BCUT2D eigenvalue weighted by molar-refractivity contribution is 0.477. The number of rotatable bonds is 2. The molecule has 20 heavy (non-hydrogen) atoms. The maximum absolute atomic E-state index is 9.88. The number of phenols is 1.